The summed E-state index contributed by atoms with van der Waals surface area (Å²) < 4.78 is 1.84. The van der Waals surface area contributed by atoms with Crippen molar-refractivity contribution in [1.29, 1.82) is 0 Å². The number of aromatic nitrogens is 3. The van der Waals surface area contributed by atoms with Crippen molar-refractivity contribution in [2.45, 2.75) is 52.1 Å². The molecule has 0 saturated carbocycles. The van der Waals surface area contributed by atoms with Crippen molar-refractivity contribution < 1.29 is 4.79 Å². The fourth-order valence-corrected chi connectivity index (χ4v) is 4.05. The van der Waals surface area contributed by atoms with Crippen LogP contribution >= 0.6 is 11.3 Å². The predicted molar refractivity (Wildman–Crippen MR) is 95.1 cm³/mol. The van der Waals surface area contributed by atoms with Gasteiger partial charge in [-0.15, -0.1) is 11.3 Å². The molecular weight excluding hydrogens is 322 g/mol. The number of aryl methyl sites for hydroxylation is 2. The Morgan fingerprint density at radius 3 is 3.12 bits per heavy atom. The summed E-state index contributed by atoms with van der Waals surface area (Å²) in [4.78, 5) is 17.9. The van der Waals surface area contributed by atoms with E-state index in [9.17, 15) is 4.79 Å². The van der Waals surface area contributed by atoms with E-state index in [2.05, 4.69) is 27.6 Å². The number of thiazole rings is 1. The Labute approximate surface area is 146 Å². The lowest BCUT2D eigenvalue weighted by Crippen LogP contribution is -2.32. The minimum Gasteiger partial charge on any atom is -0.350 e. The number of rotatable bonds is 6. The van der Waals surface area contributed by atoms with Crippen molar-refractivity contribution in [2.75, 3.05) is 13.1 Å². The molecule has 1 amide bonds. The second-order valence-corrected chi connectivity index (χ2v) is 7.37. The van der Waals surface area contributed by atoms with Gasteiger partial charge in [-0.1, -0.05) is 6.92 Å². The van der Waals surface area contributed by atoms with E-state index < -0.39 is 0 Å². The monoisotopic (exact) mass is 347 g/mol. The molecular formula is C17H25N5OS. The van der Waals surface area contributed by atoms with Gasteiger partial charge in [-0.3, -0.25) is 9.48 Å². The van der Waals surface area contributed by atoms with Crippen molar-refractivity contribution in [3.63, 3.8) is 0 Å². The van der Waals surface area contributed by atoms with Crippen LogP contribution in [-0.4, -0.2) is 33.8 Å². The molecule has 0 radical (unpaired) electrons. The Hall–Kier alpha value is -1.73. The van der Waals surface area contributed by atoms with Gasteiger partial charge >= 0.3 is 0 Å². The van der Waals surface area contributed by atoms with Crippen LogP contribution in [-0.2, 0) is 24.3 Å². The van der Waals surface area contributed by atoms with Gasteiger partial charge in [0.2, 0.25) is 5.91 Å². The van der Waals surface area contributed by atoms with Gasteiger partial charge in [0.15, 0.2) is 0 Å². The summed E-state index contributed by atoms with van der Waals surface area (Å²) in [7, 11) is 0. The van der Waals surface area contributed by atoms with E-state index in [1.165, 1.54) is 6.42 Å². The minimum atomic E-state index is -0.00503. The van der Waals surface area contributed by atoms with E-state index in [4.69, 9.17) is 0 Å². The molecule has 1 aliphatic rings. The van der Waals surface area contributed by atoms with Gasteiger partial charge in [-0.05, 0) is 38.8 Å². The number of piperidine rings is 1. The molecule has 2 N–H and O–H groups in total. The summed E-state index contributed by atoms with van der Waals surface area (Å²) in [6, 6.07) is 2.03. The fraction of sp³-hybridized carbons (Fsp3) is 0.588. The van der Waals surface area contributed by atoms with Gasteiger partial charge in [0.1, 0.15) is 6.54 Å². The molecule has 2 aromatic rings. The van der Waals surface area contributed by atoms with Crippen LogP contribution in [0.15, 0.2) is 12.3 Å². The van der Waals surface area contributed by atoms with E-state index in [1.54, 1.807) is 17.5 Å². The number of hydrogen-bond acceptors (Lipinski definition) is 5. The number of carbonyl (C=O) groups is 1. The van der Waals surface area contributed by atoms with E-state index in [0.717, 1.165) is 47.2 Å². The van der Waals surface area contributed by atoms with Crippen molar-refractivity contribution >= 4 is 17.2 Å². The first-order valence-corrected chi connectivity index (χ1v) is 9.43. The molecule has 2 aromatic heterocycles. The van der Waals surface area contributed by atoms with E-state index >= 15 is 0 Å². The molecule has 6 nitrogen and oxygen atoms in total. The number of carbonyl (C=O) groups excluding carboxylic acids is 1. The summed E-state index contributed by atoms with van der Waals surface area (Å²) in [6.07, 6.45) is 5.05. The van der Waals surface area contributed by atoms with Gasteiger partial charge in [-0.25, -0.2) is 4.98 Å². The smallest absolute Gasteiger partial charge is 0.242 e. The van der Waals surface area contributed by atoms with Gasteiger partial charge in [-0.2, -0.15) is 5.10 Å². The first-order chi connectivity index (χ1) is 11.7. The number of amides is 1. The fourth-order valence-electron chi connectivity index (χ4n) is 3.10. The molecule has 0 bridgehead atoms. The zero-order valence-corrected chi connectivity index (χ0v) is 15.2. The molecule has 1 aliphatic heterocycles. The molecule has 3 heterocycles. The second-order valence-electron chi connectivity index (χ2n) is 6.20. The Balaban J connectivity index is 1.57. The van der Waals surface area contributed by atoms with Crippen molar-refractivity contribution in [2.24, 2.45) is 0 Å². The molecule has 24 heavy (non-hydrogen) atoms. The van der Waals surface area contributed by atoms with E-state index in [0.29, 0.717) is 12.5 Å². The quantitative estimate of drug-likeness (QED) is 0.838. The number of nitrogens with zero attached hydrogens (tertiary/aromatic N) is 3. The highest BCUT2D eigenvalue weighted by Crippen LogP contribution is 2.22. The van der Waals surface area contributed by atoms with Gasteiger partial charge in [0, 0.05) is 29.2 Å². The molecule has 1 saturated heterocycles. The molecule has 0 aromatic carbocycles. The molecule has 0 spiro atoms. The lowest BCUT2D eigenvalue weighted by Gasteiger charge is -2.23. The van der Waals surface area contributed by atoms with Gasteiger partial charge in [0.25, 0.3) is 0 Å². The van der Waals surface area contributed by atoms with Crippen LogP contribution in [0.1, 0.15) is 47.0 Å². The van der Waals surface area contributed by atoms with E-state index in [-0.39, 0.29) is 12.5 Å². The average Bonchev–Trinajstić information content (AvgIpc) is 3.20. The summed E-state index contributed by atoms with van der Waals surface area (Å²) in [5.74, 6) is 0.444. The first-order valence-electron chi connectivity index (χ1n) is 8.61. The van der Waals surface area contributed by atoms with Crippen LogP contribution in [0.25, 0.3) is 0 Å². The minimum absolute atomic E-state index is 0.00503. The van der Waals surface area contributed by atoms with Crippen LogP contribution in [0.5, 0.6) is 0 Å². The zero-order chi connectivity index (χ0) is 16.9. The van der Waals surface area contributed by atoms with Crippen molar-refractivity contribution in [3.05, 3.63) is 33.5 Å². The molecule has 130 valence electrons. The third-order valence-corrected chi connectivity index (χ3v) is 5.75. The molecule has 1 atom stereocenters. The highest BCUT2D eigenvalue weighted by atomic mass is 32.1. The summed E-state index contributed by atoms with van der Waals surface area (Å²) in [5, 5.41) is 11.9. The predicted octanol–water partition coefficient (Wildman–Crippen LogP) is 1.99. The average molecular weight is 347 g/mol. The topological polar surface area (TPSA) is 71.8 Å². The lowest BCUT2D eigenvalue weighted by atomic mass is 9.96. The van der Waals surface area contributed by atoms with Crippen molar-refractivity contribution in [1.82, 2.24) is 25.4 Å². The second kappa shape index (κ2) is 7.90. The molecule has 7 heteroatoms. The molecule has 3 rings (SSSR count). The van der Waals surface area contributed by atoms with Gasteiger partial charge in [0.05, 0.1) is 17.2 Å². The molecule has 1 unspecified atom stereocenters. The normalized spacial score (nSPS) is 17.8. The van der Waals surface area contributed by atoms with Crippen LogP contribution in [0.2, 0.25) is 0 Å². The number of nitrogens with one attached hydrogen (secondary N) is 2. The van der Waals surface area contributed by atoms with Crippen molar-refractivity contribution in [3.8, 4) is 0 Å². The highest BCUT2D eigenvalue weighted by Gasteiger charge is 2.20. The third kappa shape index (κ3) is 4.02. The summed E-state index contributed by atoms with van der Waals surface area (Å²) in [5.41, 5.74) is 2.17. The molecule has 0 aliphatic carbocycles. The lowest BCUT2D eigenvalue weighted by molar-refractivity contribution is -0.122. The van der Waals surface area contributed by atoms with Crippen LogP contribution < -0.4 is 10.6 Å². The SMILES string of the molecule is CCc1nc(C)c(CNC(=O)Cn2nccc2C2CCCNC2)s1. The summed E-state index contributed by atoms with van der Waals surface area (Å²) >= 11 is 1.68. The maximum atomic E-state index is 12.3. The molecule has 1 fully saturated rings. The Bertz CT molecular complexity index is 687. The maximum Gasteiger partial charge on any atom is 0.242 e. The van der Waals surface area contributed by atoms with Crippen LogP contribution in [0, 0.1) is 6.92 Å². The zero-order valence-electron chi connectivity index (χ0n) is 14.3. The first kappa shape index (κ1) is 17.1. The van der Waals surface area contributed by atoms with E-state index in [1.807, 2.05) is 17.7 Å². The Kier molecular flexibility index (Phi) is 5.63. The third-order valence-electron chi connectivity index (χ3n) is 4.44. The highest BCUT2D eigenvalue weighted by molar-refractivity contribution is 7.11. The van der Waals surface area contributed by atoms with Crippen LogP contribution in [0.3, 0.4) is 0 Å². The summed E-state index contributed by atoms with van der Waals surface area (Å²) in [6.45, 7) is 6.96. The maximum absolute atomic E-state index is 12.3. The standard InChI is InChI=1S/C17H25N5OS/c1-3-17-21-12(2)15(24-17)10-19-16(23)11-22-14(6-8-20-22)13-5-4-7-18-9-13/h6,8,13,18H,3-5,7,9-11H2,1-2H3,(H,19,23). The Morgan fingerprint density at radius 1 is 1.54 bits per heavy atom. The number of hydrogen-bond donors (Lipinski definition) is 2. The van der Waals surface area contributed by atoms with Gasteiger partial charge < -0.3 is 10.6 Å². The Morgan fingerprint density at radius 2 is 2.42 bits per heavy atom. The van der Waals surface area contributed by atoms with Crippen LogP contribution in [0.4, 0.5) is 0 Å². The largest absolute Gasteiger partial charge is 0.350 e.